The van der Waals surface area contributed by atoms with Gasteiger partial charge in [-0.3, -0.25) is 0 Å². The van der Waals surface area contributed by atoms with Crippen LogP contribution in [0.4, 0.5) is 5.82 Å². The molecule has 0 bridgehead atoms. The number of nitriles is 1. The van der Waals surface area contributed by atoms with Crippen molar-refractivity contribution in [3.8, 4) is 28.7 Å². The molecule has 0 aliphatic carbocycles. The van der Waals surface area contributed by atoms with Crippen LogP contribution in [0.25, 0.3) is 11.1 Å². The van der Waals surface area contributed by atoms with Crippen LogP contribution in [0.3, 0.4) is 0 Å². The Bertz CT molecular complexity index is 899. The molecule has 0 saturated heterocycles. The number of nitrogens with zero attached hydrogens (tertiary/aromatic N) is 2. The number of anilines is 1. The molecule has 1 aromatic heterocycles. The molecule has 0 fully saturated rings. The summed E-state index contributed by atoms with van der Waals surface area (Å²) >= 11 is 0. The van der Waals surface area contributed by atoms with Crippen LogP contribution in [0.5, 0.6) is 11.5 Å². The molecule has 3 rings (SSSR count). The summed E-state index contributed by atoms with van der Waals surface area (Å²) in [4.78, 5) is 4.20. The van der Waals surface area contributed by atoms with Crippen LogP contribution in [0, 0.1) is 11.3 Å². The molecule has 5 nitrogen and oxygen atoms in total. The summed E-state index contributed by atoms with van der Waals surface area (Å²) in [7, 11) is 0. The number of hydrogen-bond donors (Lipinski definition) is 2. The van der Waals surface area contributed by atoms with E-state index >= 15 is 0 Å². The quantitative estimate of drug-likeness (QED) is 0.768. The monoisotopic (exact) mass is 317 g/mol. The molecule has 0 spiro atoms. The highest BCUT2D eigenvalue weighted by molar-refractivity contribution is 5.65. The topological polar surface area (TPSA) is 92.2 Å². The van der Waals surface area contributed by atoms with E-state index in [-0.39, 0.29) is 12.4 Å². The third-order valence-corrected chi connectivity index (χ3v) is 3.59. The maximum atomic E-state index is 9.38. The number of ether oxygens (including phenoxy) is 1. The minimum Gasteiger partial charge on any atom is -0.508 e. The number of aromatic hydroxyl groups is 1. The maximum absolute atomic E-state index is 9.38. The molecule has 3 aromatic rings. The predicted molar refractivity (Wildman–Crippen MR) is 91.2 cm³/mol. The normalized spacial score (nSPS) is 10.1. The Balaban J connectivity index is 1.84. The molecule has 0 saturated carbocycles. The lowest BCUT2D eigenvalue weighted by molar-refractivity contribution is 0.305. The Morgan fingerprint density at radius 1 is 1.08 bits per heavy atom. The van der Waals surface area contributed by atoms with Crippen molar-refractivity contribution in [3.05, 3.63) is 71.9 Å². The highest BCUT2D eigenvalue weighted by atomic mass is 16.5. The first kappa shape index (κ1) is 15.4. The van der Waals surface area contributed by atoms with Crippen LogP contribution in [0.15, 0.2) is 60.8 Å². The average molecular weight is 317 g/mol. The first-order valence-corrected chi connectivity index (χ1v) is 7.33. The highest BCUT2D eigenvalue weighted by Gasteiger charge is 2.08. The molecule has 2 aromatic carbocycles. The van der Waals surface area contributed by atoms with Gasteiger partial charge in [-0.1, -0.05) is 24.3 Å². The van der Waals surface area contributed by atoms with E-state index in [1.807, 2.05) is 12.1 Å². The van der Waals surface area contributed by atoms with E-state index in [0.717, 1.165) is 16.7 Å². The van der Waals surface area contributed by atoms with Gasteiger partial charge < -0.3 is 15.6 Å². The third-order valence-electron chi connectivity index (χ3n) is 3.59. The summed E-state index contributed by atoms with van der Waals surface area (Å²) < 4.78 is 5.72. The lowest BCUT2D eigenvalue weighted by Crippen LogP contribution is -2.03. The van der Waals surface area contributed by atoms with E-state index in [1.165, 1.54) is 0 Å². The maximum Gasteiger partial charge on any atom is 0.137 e. The van der Waals surface area contributed by atoms with Gasteiger partial charge in [0.05, 0.1) is 5.56 Å². The fourth-order valence-electron chi connectivity index (χ4n) is 2.29. The minimum absolute atomic E-state index is 0.207. The minimum atomic E-state index is 0.207. The van der Waals surface area contributed by atoms with E-state index in [4.69, 9.17) is 15.7 Å². The first-order chi connectivity index (χ1) is 11.7. The van der Waals surface area contributed by atoms with Crippen molar-refractivity contribution in [3.63, 3.8) is 0 Å². The van der Waals surface area contributed by atoms with Crippen LogP contribution in [0.2, 0.25) is 0 Å². The molecule has 1 heterocycles. The molecule has 118 valence electrons. The number of benzene rings is 2. The molecule has 0 radical (unpaired) electrons. The molecule has 3 N–H and O–H groups in total. The lowest BCUT2D eigenvalue weighted by atomic mass is 10.1. The van der Waals surface area contributed by atoms with Gasteiger partial charge in [-0.25, -0.2) is 4.98 Å². The molecule has 0 aliphatic heterocycles. The Kier molecular flexibility index (Phi) is 4.30. The number of pyridine rings is 1. The van der Waals surface area contributed by atoms with Gasteiger partial charge in [-0.2, -0.15) is 5.26 Å². The first-order valence-electron chi connectivity index (χ1n) is 7.33. The van der Waals surface area contributed by atoms with Gasteiger partial charge in [0, 0.05) is 17.3 Å². The van der Waals surface area contributed by atoms with E-state index in [0.29, 0.717) is 17.1 Å². The number of aromatic nitrogens is 1. The highest BCUT2D eigenvalue weighted by Crippen LogP contribution is 2.25. The van der Waals surface area contributed by atoms with Crippen molar-refractivity contribution in [1.29, 1.82) is 5.26 Å². The van der Waals surface area contributed by atoms with Crippen LogP contribution in [0.1, 0.15) is 11.1 Å². The summed E-state index contributed by atoms with van der Waals surface area (Å²) in [6.45, 7) is 0.212. The summed E-state index contributed by atoms with van der Waals surface area (Å²) in [6, 6.07) is 17.9. The number of para-hydroxylation sites is 1. The summed E-state index contributed by atoms with van der Waals surface area (Å²) in [5, 5.41) is 18.5. The summed E-state index contributed by atoms with van der Waals surface area (Å²) in [6.07, 6.45) is 1.68. The largest absolute Gasteiger partial charge is 0.508 e. The Hall–Kier alpha value is -3.52. The van der Waals surface area contributed by atoms with E-state index in [2.05, 4.69) is 11.1 Å². The zero-order valence-electron chi connectivity index (χ0n) is 12.8. The zero-order valence-corrected chi connectivity index (χ0v) is 12.8. The average Bonchev–Trinajstić information content (AvgIpc) is 2.62. The molecular formula is C19H15N3O2. The predicted octanol–water partition coefficient (Wildman–Crippen LogP) is 3.49. The van der Waals surface area contributed by atoms with E-state index < -0.39 is 0 Å². The second kappa shape index (κ2) is 6.71. The fourth-order valence-corrected chi connectivity index (χ4v) is 2.29. The zero-order chi connectivity index (χ0) is 16.9. The molecule has 0 amide bonds. The summed E-state index contributed by atoms with van der Waals surface area (Å²) in [5.41, 5.74) is 8.92. The van der Waals surface area contributed by atoms with Crippen molar-refractivity contribution in [2.75, 3.05) is 5.73 Å². The van der Waals surface area contributed by atoms with Crippen molar-refractivity contribution in [1.82, 2.24) is 4.98 Å². The number of phenolic OH excluding ortho intramolecular Hbond substituents is 1. The van der Waals surface area contributed by atoms with Gasteiger partial charge in [0.2, 0.25) is 0 Å². The van der Waals surface area contributed by atoms with Crippen molar-refractivity contribution < 1.29 is 9.84 Å². The SMILES string of the molecule is N#Cc1ccccc1OCc1cc(-c2ccc(O)cc2)cnc1N. The van der Waals surface area contributed by atoms with E-state index in [1.54, 1.807) is 48.7 Å². The van der Waals surface area contributed by atoms with Crippen LogP contribution < -0.4 is 10.5 Å². The van der Waals surface area contributed by atoms with Crippen LogP contribution in [-0.2, 0) is 6.61 Å². The molecule has 0 aliphatic rings. The second-order valence-corrected chi connectivity index (χ2v) is 5.21. The smallest absolute Gasteiger partial charge is 0.137 e. The third kappa shape index (κ3) is 3.28. The standard InChI is InChI=1S/C19H15N3O2/c20-10-14-3-1-2-4-18(14)24-12-16-9-15(11-22-19(16)21)13-5-7-17(23)8-6-13/h1-9,11,23H,12H2,(H2,21,22). The van der Waals surface area contributed by atoms with Crippen molar-refractivity contribution in [2.24, 2.45) is 0 Å². The summed E-state index contributed by atoms with van der Waals surface area (Å²) in [5.74, 6) is 1.10. The van der Waals surface area contributed by atoms with Gasteiger partial charge >= 0.3 is 0 Å². The molecule has 5 heteroatoms. The van der Waals surface area contributed by atoms with Gasteiger partial charge in [0.25, 0.3) is 0 Å². The van der Waals surface area contributed by atoms with Gasteiger partial charge in [0.1, 0.15) is 30.0 Å². The molecular weight excluding hydrogens is 302 g/mol. The molecule has 0 atom stereocenters. The number of hydrogen-bond acceptors (Lipinski definition) is 5. The Morgan fingerprint density at radius 2 is 1.83 bits per heavy atom. The van der Waals surface area contributed by atoms with Gasteiger partial charge in [-0.15, -0.1) is 0 Å². The molecule has 0 unspecified atom stereocenters. The van der Waals surface area contributed by atoms with E-state index in [9.17, 15) is 5.11 Å². The Labute approximate surface area is 139 Å². The van der Waals surface area contributed by atoms with Gasteiger partial charge in [0.15, 0.2) is 0 Å². The fraction of sp³-hybridized carbons (Fsp3) is 0.0526. The second-order valence-electron chi connectivity index (χ2n) is 5.21. The number of phenols is 1. The van der Waals surface area contributed by atoms with Crippen molar-refractivity contribution in [2.45, 2.75) is 6.61 Å². The van der Waals surface area contributed by atoms with Crippen LogP contribution in [-0.4, -0.2) is 10.1 Å². The van der Waals surface area contributed by atoms with Crippen LogP contribution >= 0.6 is 0 Å². The number of nitrogens with two attached hydrogens (primary N) is 1. The molecule has 24 heavy (non-hydrogen) atoms. The number of nitrogen functional groups attached to an aromatic ring is 1. The number of rotatable bonds is 4. The Morgan fingerprint density at radius 3 is 2.58 bits per heavy atom. The lowest BCUT2D eigenvalue weighted by Gasteiger charge is -2.11. The van der Waals surface area contributed by atoms with Gasteiger partial charge in [-0.05, 0) is 35.9 Å². The van der Waals surface area contributed by atoms with Crippen molar-refractivity contribution >= 4 is 5.82 Å².